The molecule has 2 aliphatic rings. The molecule has 1 aliphatic carbocycles. The summed E-state index contributed by atoms with van der Waals surface area (Å²) in [5.74, 6) is -0.178. The maximum atomic E-state index is 12.4. The number of esters is 1. The molecule has 0 bridgehead atoms. The van der Waals surface area contributed by atoms with Gasteiger partial charge in [0.1, 0.15) is 5.75 Å². The summed E-state index contributed by atoms with van der Waals surface area (Å²) in [5.41, 5.74) is 1.30. The summed E-state index contributed by atoms with van der Waals surface area (Å²) < 4.78 is 15.9. The Labute approximate surface area is 172 Å². The fraction of sp³-hybridized carbons (Fsp3) is 0.636. The van der Waals surface area contributed by atoms with Crippen LogP contribution in [0, 0.1) is 6.92 Å². The van der Waals surface area contributed by atoms with Crippen LogP contribution in [0.5, 0.6) is 5.75 Å². The number of carbonyl (C=O) groups excluding carboxylic acids is 2. The van der Waals surface area contributed by atoms with Gasteiger partial charge in [0.2, 0.25) is 0 Å². The zero-order chi connectivity index (χ0) is 20.7. The highest BCUT2D eigenvalue weighted by Gasteiger charge is 2.38. The van der Waals surface area contributed by atoms with Gasteiger partial charge in [0.15, 0.2) is 6.61 Å². The molecular formula is C22H32N2O5. The Kier molecular flexibility index (Phi) is 7.50. The van der Waals surface area contributed by atoms with Crippen molar-refractivity contribution in [1.29, 1.82) is 0 Å². The van der Waals surface area contributed by atoms with Crippen molar-refractivity contribution in [2.45, 2.75) is 44.6 Å². The van der Waals surface area contributed by atoms with E-state index in [1.54, 1.807) is 25.3 Å². The lowest BCUT2D eigenvalue weighted by molar-refractivity contribution is -0.125. The molecule has 1 aliphatic heterocycles. The monoisotopic (exact) mass is 404 g/mol. The van der Waals surface area contributed by atoms with Gasteiger partial charge in [0, 0.05) is 25.2 Å². The first-order chi connectivity index (χ1) is 14.0. The molecule has 1 aromatic rings. The third-order valence-electron chi connectivity index (χ3n) is 6.06. The SMILES string of the molecule is COc1cc(C(=O)OCC(=O)NCC2(N3CCOCC3)CCCCC2)ccc1C. The number of aryl methyl sites for hydroxylation is 1. The first-order valence-corrected chi connectivity index (χ1v) is 10.5. The Bertz CT molecular complexity index is 709. The van der Waals surface area contributed by atoms with Crippen molar-refractivity contribution in [3.05, 3.63) is 29.3 Å². The molecule has 0 aromatic heterocycles. The van der Waals surface area contributed by atoms with Gasteiger partial charge in [0.25, 0.3) is 5.91 Å². The highest BCUT2D eigenvalue weighted by atomic mass is 16.5. The number of morpholine rings is 1. The number of nitrogens with one attached hydrogen (secondary N) is 1. The molecular weight excluding hydrogens is 372 g/mol. The van der Waals surface area contributed by atoms with Gasteiger partial charge in [-0.1, -0.05) is 25.3 Å². The topological polar surface area (TPSA) is 77.1 Å². The molecule has 0 unspecified atom stereocenters. The lowest BCUT2D eigenvalue weighted by atomic mass is 9.79. The molecule has 1 heterocycles. The van der Waals surface area contributed by atoms with Crippen LogP contribution in [0.25, 0.3) is 0 Å². The number of carbonyl (C=O) groups is 2. The van der Waals surface area contributed by atoms with Gasteiger partial charge in [-0.05, 0) is 37.5 Å². The largest absolute Gasteiger partial charge is 0.496 e. The maximum Gasteiger partial charge on any atom is 0.338 e. The van der Waals surface area contributed by atoms with Crippen molar-refractivity contribution in [2.75, 3.05) is 46.6 Å². The summed E-state index contributed by atoms with van der Waals surface area (Å²) in [6, 6.07) is 5.10. The normalized spacial score (nSPS) is 19.4. The van der Waals surface area contributed by atoms with E-state index in [1.807, 2.05) is 6.92 Å². The van der Waals surface area contributed by atoms with Crippen molar-refractivity contribution in [3.8, 4) is 5.75 Å². The van der Waals surface area contributed by atoms with Crippen LogP contribution in [0.1, 0.15) is 48.0 Å². The van der Waals surface area contributed by atoms with Crippen molar-refractivity contribution >= 4 is 11.9 Å². The summed E-state index contributed by atoms with van der Waals surface area (Å²) in [7, 11) is 1.56. The quantitative estimate of drug-likeness (QED) is 0.703. The van der Waals surface area contributed by atoms with Crippen LogP contribution in [-0.2, 0) is 14.3 Å². The number of nitrogens with zero attached hydrogens (tertiary/aromatic N) is 1. The predicted octanol–water partition coefficient (Wildman–Crippen LogP) is 2.31. The Morgan fingerprint density at radius 2 is 1.90 bits per heavy atom. The van der Waals surface area contributed by atoms with Gasteiger partial charge >= 0.3 is 5.97 Å². The average Bonchev–Trinajstić information content (AvgIpc) is 2.77. The minimum atomic E-state index is -0.529. The van der Waals surface area contributed by atoms with Crippen molar-refractivity contribution in [1.82, 2.24) is 10.2 Å². The van der Waals surface area contributed by atoms with Crippen LogP contribution < -0.4 is 10.1 Å². The predicted molar refractivity (Wildman–Crippen MR) is 109 cm³/mol. The standard InChI is InChI=1S/C22H32N2O5/c1-17-6-7-18(14-19(17)27-2)21(26)29-15-20(25)23-16-22(8-4-3-5-9-22)24-10-12-28-13-11-24/h6-7,14H,3-5,8-13,15-16H2,1-2H3,(H,23,25). The second-order valence-corrected chi connectivity index (χ2v) is 7.92. The van der Waals surface area contributed by atoms with Gasteiger partial charge in [-0.3, -0.25) is 9.69 Å². The molecule has 1 N–H and O–H groups in total. The summed E-state index contributed by atoms with van der Waals surface area (Å²) in [6.45, 7) is 5.49. The molecule has 0 atom stereocenters. The molecule has 1 saturated carbocycles. The molecule has 160 valence electrons. The molecule has 1 aromatic carbocycles. The zero-order valence-corrected chi connectivity index (χ0v) is 17.5. The van der Waals surface area contributed by atoms with Crippen LogP contribution >= 0.6 is 0 Å². The number of rotatable bonds is 7. The Balaban J connectivity index is 1.52. The Hall–Kier alpha value is -2.12. The van der Waals surface area contributed by atoms with Crippen molar-refractivity contribution < 1.29 is 23.8 Å². The lowest BCUT2D eigenvalue weighted by Gasteiger charge is -2.48. The first-order valence-electron chi connectivity index (χ1n) is 10.5. The number of amides is 1. The number of methoxy groups -OCH3 is 1. The third-order valence-corrected chi connectivity index (χ3v) is 6.06. The molecule has 29 heavy (non-hydrogen) atoms. The summed E-state index contributed by atoms with van der Waals surface area (Å²) >= 11 is 0. The molecule has 0 radical (unpaired) electrons. The zero-order valence-electron chi connectivity index (χ0n) is 17.5. The van der Waals surface area contributed by atoms with E-state index < -0.39 is 5.97 Å². The van der Waals surface area contributed by atoms with Gasteiger partial charge < -0.3 is 19.5 Å². The van der Waals surface area contributed by atoms with Gasteiger partial charge in [0.05, 0.1) is 25.9 Å². The highest BCUT2D eigenvalue weighted by Crippen LogP contribution is 2.33. The Morgan fingerprint density at radius 3 is 2.59 bits per heavy atom. The van der Waals surface area contributed by atoms with E-state index in [0.29, 0.717) is 17.9 Å². The first kappa shape index (κ1) is 21.6. The molecule has 1 saturated heterocycles. The summed E-state index contributed by atoms with van der Waals surface area (Å²) in [6.07, 6.45) is 5.76. The summed E-state index contributed by atoms with van der Waals surface area (Å²) in [5, 5.41) is 3.01. The van der Waals surface area contributed by atoms with E-state index in [4.69, 9.17) is 14.2 Å². The van der Waals surface area contributed by atoms with Gasteiger partial charge in [-0.2, -0.15) is 0 Å². The maximum absolute atomic E-state index is 12.4. The van der Waals surface area contributed by atoms with Gasteiger partial charge in [-0.15, -0.1) is 0 Å². The van der Waals surface area contributed by atoms with E-state index >= 15 is 0 Å². The molecule has 1 amide bonds. The highest BCUT2D eigenvalue weighted by molar-refractivity contribution is 5.91. The van der Waals surface area contributed by atoms with Crippen LogP contribution in [0.15, 0.2) is 18.2 Å². The van der Waals surface area contributed by atoms with Crippen molar-refractivity contribution in [3.63, 3.8) is 0 Å². The van der Waals surface area contributed by atoms with Crippen LogP contribution in [0.3, 0.4) is 0 Å². The van der Waals surface area contributed by atoms with Crippen LogP contribution in [0.2, 0.25) is 0 Å². The fourth-order valence-corrected chi connectivity index (χ4v) is 4.33. The van der Waals surface area contributed by atoms with E-state index in [-0.39, 0.29) is 18.1 Å². The summed E-state index contributed by atoms with van der Waals surface area (Å²) in [4.78, 5) is 27.1. The molecule has 7 nitrogen and oxygen atoms in total. The fourth-order valence-electron chi connectivity index (χ4n) is 4.33. The average molecular weight is 405 g/mol. The molecule has 3 rings (SSSR count). The van der Waals surface area contributed by atoms with E-state index in [9.17, 15) is 9.59 Å². The van der Waals surface area contributed by atoms with E-state index in [0.717, 1.165) is 44.7 Å². The number of hydrogen-bond donors (Lipinski definition) is 1. The van der Waals surface area contributed by atoms with Crippen LogP contribution in [0.4, 0.5) is 0 Å². The molecule has 0 spiro atoms. The number of hydrogen-bond acceptors (Lipinski definition) is 6. The Morgan fingerprint density at radius 1 is 1.17 bits per heavy atom. The van der Waals surface area contributed by atoms with Crippen molar-refractivity contribution in [2.24, 2.45) is 0 Å². The molecule has 2 fully saturated rings. The second-order valence-electron chi connectivity index (χ2n) is 7.92. The van der Waals surface area contributed by atoms with E-state index in [1.165, 1.54) is 19.3 Å². The van der Waals surface area contributed by atoms with E-state index in [2.05, 4.69) is 10.2 Å². The number of ether oxygens (including phenoxy) is 3. The minimum absolute atomic E-state index is 0.00791. The van der Waals surface area contributed by atoms with Gasteiger partial charge in [-0.25, -0.2) is 4.79 Å². The number of benzene rings is 1. The lowest BCUT2D eigenvalue weighted by Crippen LogP contribution is -2.59. The second kappa shape index (κ2) is 10.1. The third kappa shape index (κ3) is 5.48. The smallest absolute Gasteiger partial charge is 0.338 e. The van der Waals surface area contributed by atoms with Crippen LogP contribution in [-0.4, -0.2) is 68.9 Å². The molecule has 7 heteroatoms. The minimum Gasteiger partial charge on any atom is -0.496 e.